The van der Waals surface area contributed by atoms with Crippen molar-refractivity contribution in [2.24, 2.45) is 0 Å². The molecule has 7 nitrogen and oxygen atoms in total. The summed E-state index contributed by atoms with van der Waals surface area (Å²) in [4.78, 5) is 34.9. The molecular weight excluding hydrogens is 298 g/mol. The summed E-state index contributed by atoms with van der Waals surface area (Å²) in [6.07, 6.45) is 1.88. The average Bonchev–Trinajstić information content (AvgIpc) is 3.07. The Hall–Kier alpha value is -2.41. The van der Waals surface area contributed by atoms with Gasteiger partial charge in [-0.1, -0.05) is 30.3 Å². The second-order valence-electron chi connectivity index (χ2n) is 5.51. The smallest absolute Gasteiger partial charge is 0.326 e. The van der Waals surface area contributed by atoms with Gasteiger partial charge in [-0.3, -0.25) is 9.59 Å². The summed E-state index contributed by atoms with van der Waals surface area (Å²) in [5.74, 6) is -1.85. The lowest BCUT2D eigenvalue weighted by Gasteiger charge is -2.16. The van der Waals surface area contributed by atoms with Gasteiger partial charge in [-0.2, -0.15) is 0 Å². The lowest BCUT2D eigenvalue weighted by molar-refractivity contribution is -0.141. The van der Waals surface area contributed by atoms with Gasteiger partial charge in [0, 0.05) is 6.42 Å². The van der Waals surface area contributed by atoms with Crippen molar-refractivity contribution >= 4 is 17.8 Å². The molecule has 1 aliphatic heterocycles. The molecule has 124 valence electrons. The van der Waals surface area contributed by atoms with E-state index in [1.54, 1.807) is 12.1 Å². The van der Waals surface area contributed by atoms with Crippen molar-refractivity contribution < 1.29 is 19.5 Å². The van der Waals surface area contributed by atoms with E-state index in [1.807, 2.05) is 18.2 Å². The minimum Gasteiger partial charge on any atom is -0.480 e. The monoisotopic (exact) mass is 319 g/mol. The Bertz CT molecular complexity index is 556. The van der Waals surface area contributed by atoms with Crippen LogP contribution >= 0.6 is 0 Å². The highest BCUT2D eigenvalue weighted by atomic mass is 16.4. The molecule has 2 rings (SSSR count). The van der Waals surface area contributed by atoms with E-state index in [0.29, 0.717) is 0 Å². The molecule has 0 bridgehead atoms. The quantitative estimate of drug-likeness (QED) is 0.550. The molecule has 23 heavy (non-hydrogen) atoms. The Balaban J connectivity index is 1.81. The van der Waals surface area contributed by atoms with Crippen molar-refractivity contribution in [3.05, 3.63) is 35.9 Å². The molecule has 1 heterocycles. The van der Waals surface area contributed by atoms with E-state index in [0.717, 1.165) is 24.9 Å². The first-order valence-corrected chi connectivity index (χ1v) is 7.63. The number of amides is 2. The molecule has 4 N–H and O–H groups in total. The zero-order valence-electron chi connectivity index (χ0n) is 12.7. The summed E-state index contributed by atoms with van der Waals surface area (Å²) in [5, 5.41) is 17.2. The number of nitrogens with one attached hydrogen (secondary N) is 3. The normalized spacial score (nSPS) is 18.2. The van der Waals surface area contributed by atoms with Crippen molar-refractivity contribution in [1.82, 2.24) is 16.0 Å². The van der Waals surface area contributed by atoms with Crippen molar-refractivity contribution in [2.75, 3.05) is 13.1 Å². The molecule has 1 fully saturated rings. The summed E-state index contributed by atoms with van der Waals surface area (Å²) in [5.41, 5.74) is 0.819. The minimum atomic E-state index is -1.11. The summed E-state index contributed by atoms with van der Waals surface area (Å²) >= 11 is 0. The van der Waals surface area contributed by atoms with Crippen LogP contribution in [-0.2, 0) is 20.8 Å². The van der Waals surface area contributed by atoms with E-state index in [2.05, 4.69) is 16.0 Å². The molecule has 7 heteroatoms. The van der Waals surface area contributed by atoms with E-state index < -0.39 is 17.9 Å². The molecule has 1 aromatic carbocycles. The fraction of sp³-hybridized carbons (Fsp3) is 0.438. The fourth-order valence-electron chi connectivity index (χ4n) is 2.49. The Morgan fingerprint density at radius 1 is 1.26 bits per heavy atom. The van der Waals surface area contributed by atoms with Gasteiger partial charge in [-0.15, -0.1) is 0 Å². The maximum Gasteiger partial charge on any atom is 0.326 e. The number of carbonyl (C=O) groups is 3. The molecule has 0 spiro atoms. The van der Waals surface area contributed by atoms with Crippen LogP contribution in [-0.4, -0.2) is 48.1 Å². The standard InChI is InChI=1S/C16H21N3O4/c20-14(10-18-15(21)12-7-4-8-17-12)19-13(16(22)23)9-11-5-2-1-3-6-11/h1-3,5-6,12-13,17H,4,7-10H2,(H,18,21)(H,19,20)(H,22,23)/t12-,13+/m0/s1. The van der Waals surface area contributed by atoms with Gasteiger partial charge >= 0.3 is 5.97 Å². The number of rotatable bonds is 7. The SMILES string of the molecule is O=C(CNC(=O)[C@@H]1CCCN1)N[C@H](Cc1ccccc1)C(=O)O. The third-order valence-electron chi connectivity index (χ3n) is 3.72. The second-order valence-corrected chi connectivity index (χ2v) is 5.51. The Labute approximate surface area is 134 Å². The zero-order chi connectivity index (χ0) is 16.7. The molecule has 0 aliphatic carbocycles. The van der Waals surface area contributed by atoms with Crippen molar-refractivity contribution in [3.63, 3.8) is 0 Å². The van der Waals surface area contributed by atoms with Crippen LogP contribution in [0.5, 0.6) is 0 Å². The van der Waals surface area contributed by atoms with Crippen LogP contribution < -0.4 is 16.0 Å². The van der Waals surface area contributed by atoms with Crippen molar-refractivity contribution in [1.29, 1.82) is 0 Å². The number of carbonyl (C=O) groups excluding carboxylic acids is 2. The molecule has 1 aliphatic rings. The molecule has 0 aromatic heterocycles. The van der Waals surface area contributed by atoms with Gasteiger partial charge < -0.3 is 21.1 Å². The molecular formula is C16H21N3O4. The first kappa shape index (κ1) is 17.0. The predicted molar refractivity (Wildman–Crippen MR) is 83.7 cm³/mol. The third-order valence-corrected chi connectivity index (χ3v) is 3.72. The zero-order valence-corrected chi connectivity index (χ0v) is 12.7. The number of carboxylic acids is 1. The summed E-state index contributed by atoms with van der Waals surface area (Å²) < 4.78 is 0. The van der Waals surface area contributed by atoms with Crippen LogP contribution in [0, 0.1) is 0 Å². The van der Waals surface area contributed by atoms with Crippen LogP contribution in [0.1, 0.15) is 18.4 Å². The Kier molecular flexibility index (Phi) is 6.10. The van der Waals surface area contributed by atoms with Gasteiger partial charge in [-0.05, 0) is 24.9 Å². The first-order chi connectivity index (χ1) is 11.1. The van der Waals surface area contributed by atoms with Crippen LogP contribution in [0.4, 0.5) is 0 Å². The summed E-state index contributed by atoms with van der Waals surface area (Å²) in [7, 11) is 0. The number of hydrogen-bond donors (Lipinski definition) is 4. The van der Waals surface area contributed by atoms with Gasteiger partial charge in [0.25, 0.3) is 0 Å². The fourth-order valence-corrected chi connectivity index (χ4v) is 2.49. The van der Waals surface area contributed by atoms with Crippen molar-refractivity contribution in [3.8, 4) is 0 Å². The number of aliphatic carboxylic acids is 1. The van der Waals surface area contributed by atoms with Gasteiger partial charge in [0.2, 0.25) is 11.8 Å². The maximum atomic E-state index is 11.9. The molecule has 1 aromatic rings. The van der Waals surface area contributed by atoms with Crippen LogP contribution in [0.15, 0.2) is 30.3 Å². The number of benzene rings is 1. The van der Waals surface area contributed by atoms with Gasteiger partial charge in [0.1, 0.15) is 6.04 Å². The molecule has 0 unspecified atom stereocenters. The van der Waals surface area contributed by atoms with Gasteiger partial charge in [0.15, 0.2) is 0 Å². The maximum absolute atomic E-state index is 11.9. The summed E-state index contributed by atoms with van der Waals surface area (Å²) in [6.45, 7) is 0.567. The van der Waals surface area contributed by atoms with Crippen LogP contribution in [0.25, 0.3) is 0 Å². The van der Waals surface area contributed by atoms with Crippen LogP contribution in [0.3, 0.4) is 0 Å². The highest BCUT2D eigenvalue weighted by molar-refractivity contribution is 5.89. The second kappa shape index (κ2) is 8.28. The van der Waals surface area contributed by atoms with E-state index in [1.165, 1.54) is 0 Å². The first-order valence-electron chi connectivity index (χ1n) is 7.63. The predicted octanol–water partition coefficient (Wildman–Crippen LogP) is -0.333. The summed E-state index contributed by atoms with van der Waals surface area (Å²) in [6, 6.07) is 7.78. The van der Waals surface area contributed by atoms with Gasteiger partial charge in [-0.25, -0.2) is 4.79 Å². The molecule has 2 atom stereocenters. The van der Waals surface area contributed by atoms with E-state index in [4.69, 9.17) is 0 Å². The Morgan fingerprint density at radius 3 is 2.61 bits per heavy atom. The highest BCUT2D eigenvalue weighted by Gasteiger charge is 2.24. The minimum absolute atomic E-state index is 0.194. The van der Waals surface area contributed by atoms with E-state index >= 15 is 0 Å². The largest absolute Gasteiger partial charge is 0.480 e. The Morgan fingerprint density at radius 2 is 2.00 bits per heavy atom. The van der Waals surface area contributed by atoms with E-state index in [9.17, 15) is 19.5 Å². The topological polar surface area (TPSA) is 108 Å². The van der Waals surface area contributed by atoms with Gasteiger partial charge in [0.05, 0.1) is 12.6 Å². The molecule has 0 radical (unpaired) electrons. The van der Waals surface area contributed by atoms with Crippen LogP contribution in [0.2, 0.25) is 0 Å². The third kappa shape index (κ3) is 5.37. The highest BCUT2D eigenvalue weighted by Crippen LogP contribution is 2.05. The molecule has 0 saturated carbocycles. The van der Waals surface area contributed by atoms with Crippen molar-refractivity contribution in [2.45, 2.75) is 31.3 Å². The lowest BCUT2D eigenvalue weighted by atomic mass is 10.1. The average molecular weight is 319 g/mol. The number of hydrogen-bond acceptors (Lipinski definition) is 4. The molecule has 2 amide bonds. The number of carboxylic acid groups (broad SMARTS) is 1. The lowest BCUT2D eigenvalue weighted by Crippen LogP contribution is -2.49. The molecule has 1 saturated heterocycles. The van der Waals surface area contributed by atoms with E-state index in [-0.39, 0.29) is 24.9 Å².